The molecule has 30 heavy (non-hydrogen) atoms. The van der Waals surface area contributed by atoms with Crippen molar-refractivity contribution in [1.29, 1.82) is 0 Å². The topological polar surface area (TPSA) is 71.9 Å². The van der Waals surface area contributed by atoms with Crippen molar-refractivity contribution < 1.29 is 19.4 Å². The van der Waals surface area contributed by atoms with E-state index in [0.29, 0.717) is 37.4 Å². The lowest BCUT2D eigenvalue weighted by molar-refractivity contribution is -0.166. The van der Waals surface area contributed by atoms with Crippen LogP contribution in [0.4, 0.5) is 5.82 Å². The van der Waals surface area contributed by atoms with Crippen LogP contribution in [0.1, 0.15) is 34.1 Å². The molecule has 0 saturated carbocycles. The van der Waals surface area contributed by atoms with Crippen molar-refractivity contribution in [3.63, 3.8) is 0 Å². The van der Waals surface area contributed by atoms with Crippen molar-refractivity contribution >= 4 is 23.4 Å². The fraction of sp³-hybridized carbons (Fsp3) is 0.478. The number of aromatic nitrogens is 1. The summed E-state index contributed by atoms with van der Waals surface area (Å²) in [5, 5.41) is 10.6. The Morgan fingerprint density at radius 3 is 2.70 bits per heavy atom. The third-order valence-electron chi connectivity index (χ3n) is 4.97. The minimum absolute atomic E-state index is 0.0136. The van der Waals surface area contributed by atoms with Crippen LogP contribution in [-0.4, -0.2) is 47.5 Å². The van der Waals surface area contributed by atoms with E-state index in [2.05, 4.69) is 4.90 Å². The second kappa shape index (κ2) is 9.23. The Balaban J connectivity index is 1.81. The van der Waals surface area contributed by atoms with Gasteiger partial charge in [-0.15, -0.1) is 0 Å². The first kappa shape index (κ1) is 22.4. The van der Waals surface area contributed by atoms with E-state index in [9.17, 15) is 9.90 Å². The van der Waals surface area contributed by atoms with Crippen LogP contribution in [0, 0.1) is 5.92 Å². The number of nitrogens with zero attached hydrogens (tertiary/aromatic N) is 2. The van der Waals surface area contributed by atoms with E-state index in [0.717, 1.165) is 5.82 Å². The average Bonchev–Trinajstić information content (AvgIpc) is 2.69. The summed E-state index contributed by atoms with van der Waals surface area (Å²) in [6, 6.07) is 10.9. The second-order valence-corrected chi connectivity index (χ2v) is 8.79. The molecular formula is C23H29ClN2O4. The summed E-state index contributed by atoms with van der Waals surface area (Å²) in [7, 11) is 0. The first-order valence-corrected chi connectivity index (χ1v) is 10.6. The third-order valence-corrected chi connectivity index (χ3v) is 5.28. The van der Waals surface area contributed by atoms with Gasteiger partial charge in [0.05, 0.1) is 22.7 Å². The molecule has 0 spiro atoms. The quantitative estimate of drug-likeness (QED) is 0.691. The van der Waals surface area contributed by atoms with Gasteiger partial charge in [-0.3, -0.25) is 4.79 Å². The molecule has 7 heteroatoms. The van der Waals surface area contributed by atoms with Crippen LogP contribution < -0.4 is 4.90 Å². The van der Waals surface area contributed by atoms with E-state index < -0.39 is 5.60 Å². The average molecular weight is 433 g/mol. The molecule has 2 heterocycles. The number of para-hydroxylation sites is 1. The Bertz CT molecular complexity index is 897. The Hall–Kier alpha value is -2.31. The van der Waals surface area contributed by atoms with E-state index in [1.807, 2.05) is 45.9 Å². The van der Waals surface area contributed by atoms with Crippen LogP contribution in [0.3, 0.4) is 0 Å². The SMILES string of the molecule is CCO[C@H]1CN(c2cccc(-c3cccc(Cl)c3O)n2)CC[C@H]1C(=O)OC(C)(C)C. The molecule has 1 N–H and O–H groups in total. The number of pyridine rings is 1. The van der Waals surface area contributed by atoms with Gasteiger partial charge in [0.2, 0.25) is 0 Å². The Morgan fingerprint density at radius 1 is 1.27 bits per heavy atom. The predicted molar refractivity (Wildman–Crippen MR) is 118 cm³/mol. The van der Waals surface area contributed by atoms with Crippen LogP contribution in [0.5, 0.6) is 5.75 Å². The fourth-order valence-corrected chi connectivity index (χ4v) is 3.80. The molecule has 1 saturated heterocycles. The van der Waals surface area contributed by atoms with Crippen LogP contribution in [0.25, 0.3) is 11.3 Å². The zero-order chi connectivity index (χ0) is 21.9. The maximum absolute atomic E-state index is 12.7. The Morgan fingerprint density at radius 2 is 2.00 bits per heavy atom. The van der Waals surface area contributed by atoms with E-state index >= 15 is 0 Å². The molecule has 1 aliphatic heterocycles. The number of esters is 1. The van der Waals surface area contributed by atoms with Gasteiger partial charge in [0.15, 0.2) is 0 Å². The summed E-state index contributed by atoms with van der Waals surface area (Å²) in [6.45, 7) is 9.25. The monoisotopic (exact) mass is 432 g/mol. The second-order valence-electron chi connectivity index (χ2n) is 8.39. The molecule has 162 valence electrons. The summed E-state index contributed by atoms with van der Waals surface area (Å²) in [6.07, 6.45) is 0.345. The van der Waals surface area contributed by atoms with E-state index in [1.165, 1.54) is 0 Å². The summed E-state index contributed by atoms with van der Waals surface area (Å²) >= 11 is 6.05. The van der Waals surface area contributed by atoms with Crippen LogP contribution in [0.2, 0.25) is 5.02 Å². The van der Waals surface area contributed by atoms with Gasteiger partial charge >= 0.3 is 5.97 Å². The third kappa shape index (κ3) is 5.24. The van der Waals surface area contributed by atoms with Gasteiger partial charge in [0.25, 0.3) is 0 Å². The highest BCUT2D eigenvalue weighted by molar-refractivity contribution is 6.32. The largest absolute Gasteiger partial charge is 0.506 e. The number of carbonyl (C=O) groups is 1. The number of phenolic OH excluding ortho intramolecular Hbond substituents is 1. The number of aromatic hydroxyl groups is 1. The molecule has 3 rings (SSSR count). The lowest BCUT2D eigenvalue weighted by Crippen LogP contribution is -2.49. The van der Waals surface area contributed by atoms with E-state index in [1.54, 1.807) is 18.2 Å². The number of ether oxygens (including phenoxy) is 2. The number of hydrogen-bond donors (Lipinski definition) is 1. The van der Waals surface area contributed by atoms with Crippen molar-refractivity contribution in [1.82, 2.24) is 4.98 Å². The number of anilines is 1. The standard InChI is InChI=1S/C23H29ClN2O4/c1-5-29-19-14-26(13-12-16(19)22(28)30-23(2,3)4)20-11-7-10-18(25-20)15-8-6-9-17(24)21(15)27/h6-11,16,19,27H,5,12-14H2,1-4H3/t16-,19+/m1/s1. The van der Waals surface area contributed by atoms with Crippen LogP contribution >= 0.6 is 11.6 Å². The van der Waals surface area contributed by atoms with Gasteiger partial charge in [-0.1, -0.05) is 23.7 Å². The lowest BCUT2D eigenvalue weighted by atomic mass is 9.93. The van der Waals surface area contributed by atoms with Gasteiger partial charge in [-0.2, -0.15) is 0 Å². The number of piperidine rings is 1. The summed E-state index contributed by atoms with van der Waals surface area (Å²) in [5.74, 6) is 0.255. The lowest BCUT2D eigenvalue weighted by Gasteiger charge is -2.38. The van der Waals surface area contributed by atoms with E-state index in [4.69, 9.17) is 26.1 Å². The molecule has 0 aliphatic carbocycles. The van der Waals surface area contributed by atoms with Gasteiger partial charge in [0, 0.05) is 25.3 Å². The molecule has 0 bridgehead atoms. The summed E-state index contributed by atoms with van der Waals surface area (Å²) in [5.41, 5.74) is 0.684. The molecule has 6 nitrogen and oxygen atoms in total. The molecular weight excluding hydrogens is 404 g/mol. The fourth-order valence-electron chi connectivity index (χ4n) is 3.63. The highest BCUT2D eigenvalue weighted by Gasteiger charge is 2.37. The van der Waals surface area contributed by atoms with Gasteiger partial charge in [-0.25, -0.2) is 4.98 Å². The van der Waals surface area contributed by atoms with Crippen LogP contribution in [0.15, 0.2) is 36.4 Å². The van der Waals surface area contributed by atoms with Crippen molar-refractivity contribution in [2.24, 2.45) is 5.92 Å². The van der Waals surface area contributed by atoms with Crippen molar-refractivity contribution in [3.05, 3.63) is 41.4 Å². The Labute approximate surface area is 182 Å². The number of benzene rings is 1. The van der Waals surface area contributed by atoms with E-state index in [-0.39, 0.29) is 28.8 Å². The maximum Gasteiger partial charge on any atom is 0.312 e. The minimum atomic E-state index is -0.528. The summed E-state index contributed by atoms with van der Waals surface area (Å²) in [4.78, 5) is 19.5. The zero-order valence-electron chi connectivity index (χ0n) is 17.9. The maximum atomic E-state index is 12.7. The highest BCUT2D eigenvalue weighted by atomic mass is 35.5. The smallest absolute Gasteiger partial charge is 0.312 e. The Kier molecular flexibility index (Phi) is 6.88. The molecule has 2 atom stereocenters. The summed E-state index contributed by atoms with van der Waals surface area (Å²) < 4.78 is 11.5. The minimum Gasteiger partial charge on any atom is -0.506 e. The first-order chi connectivity index (χ1) is 14.2. The normalized spacial score (nSPS) is 19.6. The van der Waals surface area contributed by atoms with Crippen LogP contribution in [-0.2, 0) is 14.3 Å². The molecule has 1 aliphatic rings. The number of phenols is 1. The van der Waals surface area contributed by atoms with Crippen molar-refractivity contribution in [2.45, 2.75) is 45.8 Å². The van der Waals surface area contributed by atoms with Gasteiger partial charge in [-0.05, 0) is 58.4 Å². The zero-order valence-corrected chi connectivity index (χ0v) is 18.6. The molecule has 0 unspecified atom stereocenters. The predicted octanol–water partition coefficient (Wildman–Crippen LogP) is 4.68. The first-order valence-electron chi connectivity index (χ1n) is 10.2. The molecule has 1 aromatic carbocycles. The molecule has 1 aromatic heterocycles. The highest BCUT2D eigenvalue weighted by Crippen LogP contribution is 2.35. The van der Waals surface area contributed by atoms with Crippen molar-refractivity contribution in [3.8, 4) is 17.0 Å². The molecule has 1 fully saturated rings. The van der Waals surface area contributed by atoms with Crippen molar-refractivity contribution in [2.75, 3.05) is 24.6 Å². The number of rotatable bonds is 5. The van der Waals surface area contributed by atoms with Gasteiger partial charge in [0.1, 0.15) is 17.2 Å². The molecule has 0 amide bonds. The number of halogens is 1. The number of hydrogen-bond acceptors (Lipinski definition) is 6. The molecule has 0 radical (unpaired) electrons. The molecule has 2 aromatic rings. The van der Waals surface area contributed by atoms with Gasteiger partial charge < -0.3 is 19.5 Å². The number of carbonyl (C=O) groups excluding carboxylic acids is 1.